The molecular formula is C10H9ClO4. The van der Waals surface area contributed by atoms with Crippen molar-refractivity contribution in [1.29, 1.82) is 0 Å². The Morgan fingerprint density at radius 2 is 1.93 bits per heavy atom. The zero-order chi connectivity index (χ0) is 11.4. The topological polar surface area (TPSA) is 52.6 Å². The molecule has 5 heteroatoms. The van der Waals surface area contributed by atoms with Gasteiger partial charge in [0.05, 0.1) is 24.8 Å². The van der Waals surface area contributed by atoms with Crippen LogP contribution in [0, 0.1) is 0 Å². The van der Waals surface area contributed by atoms with Crippen LogP contribution >= 0.6 is 11.6 Å². The lowest BCUT2D eigenvalue weighted by atomic mass is 10.1. The first-order valence-corrected chi connectivity index (χ1v) is 4.44. The maximum atomic E-state index is 11.5. The molecule has 0 unspecified atom stereocenters. The number of benzene rings is 1. The standard InChI is InChI=1S/C10H9ClO4/c1-14-6-3-4-8(11)7(5-6)9(12)10(13)15-2/h3-5H,1-2H3. The molecule has 1 rings (SSSR count). The van der Waals surface area contributed by atoms with Crippen molar-refractivity contribution in [3.8, 4) is 5.75 Å². The number of methoxy groups -OCH3 is 2. The lowest BCUT2D eigenvalue weighted by Gasteiger charge is -2.04. The number of esters is 1. The van der Waals surface area contributed by atoms with E-state index in [9.17, 15) is 9.59 Å². The smallest absolute Gasteiger partial charge is 0.379 e. The Labute approximate surface area is 91.7 Å². The molecule has 4 nitrogen and oxygen atoms in total. The van der Waals surface area contributed by atoms with Crippen LogP contribution < -0.4 is 4.74 Å². The molecule has 80 valence electrons. The number of ketones is 1. The molecule has 0 aromatic heterocycles. The number of halogens is 1. The van der Waals surface area contributed by atoms with Gasteiger partial charge in [-0.05, 0) is 18.2 Å². The van der Waals surface area contributed by atoms with E-state index in [1.54, 1.807) is 6.07 Å². The highest BCUT2D eigenvalue weighted by Gasteiger charge is 2.20. The third kappa shape index (κ3) is 2.47. The summed E-state index contributed by atoms with van der Waals surface area (Å²) in [5, 5.41) is 0.186. The number of carbonyl (C=O) groups excluding carboxylic acids is 2. The minimum Gasteiger partial charge on any atom is -0.497 e. The van der Waals surface area contributed by atoms with Crippen LogP contribution in [0.3, 0.4) is 0 Å². The van der Waals surface area contributed by atoms with Gasteiger partial charge >= 0.3 is 5.97 Å². The Morgan fingerprint density at radius 3 is 2.47 bits per heavy atom. The first-order chi connectivity index (χ1) is 7.10. The van der Waals surface area contributed by atoms with Crippen molar-refractivity contribution in [2.75, 3.05) is 14.2 Å². The minimum absolute atomic E-state index is 0.0721. The van der Waals surface area contributed by atoms with Gasteiger partial charge in [-0.1, -0.05) is 11.6 Å². The fourth-order valence-corrected chi connectivity index (χ4v) is 1.21. The molecule has 0 atom stereocenters. The van der Waals surface area contributed by atoms with Crippen molar-refractivity contribution >= 4 is 23.4 Å². The van der Waals surface area contributed by atoms with Crippen LogP contribution in [0.15, 0.2) is 18.2 Å². The van der Waals surface area contributed by atoms with Gasteiger partial charge in [0.2, 0.25) is 0 Å². The molecule has 0 saturated carbocycles. The second kappa shape index (κ2) is 4.79. The molecule has 0 bridgehead atoms. The van der Waals surface area contributed by atoms with Gasteiger partial charge in [0.1, 0.15) is 5.75 Å². The van der Waals surface area contributed by atoms with E-state index in [1.807, 2.05) is 0 Å². The number of Topliss-reactive ketones (excluding diaryl/α,β-unsaturated/α-hetero) is 1. The number of hydrogen-bond acceptors (Lipinski definition) is 4. The SMILES string of the molecule is COC(=O)C(=O)c1cc(OC)ccc1Cl. The van der Waals surface area contributed by atoms with Crippen LogP contribution in [0.4, 0.5) is 0 Å². The summed E-state index contributed by atoms with van der Waals surface area (Å²) in [6.07, 6.45) is 0. The number of hydrogen-bond donors (Lipinski definition) is 0. The van der Waals surface area contributed by atoms with Crippen LogP contribution in [0.5, 0.6) is 5.75 Å². The molecule has 0 spiro atoms. The zero-order valence-corrected chi connectivity index (χ0v) is 9.00. The van der Waals surface area contributed by atoms with Crippen molar-refractivity contribution in [3.05, 3.63) is 28.8 Å². The van der Waals surface area contributed by atoms with E-state index in [0.29, 0.717) is 5.75 Å². The molecule has 0 radical (unpaired) electrons. The first kappa shape index (κ1) is 11.5. The summed E-state index contributed by atoms with van der Waals surface area (Å²) in [6, 6.07) is 4.47. The van der Waals surface area contributed by atoms with E-state index in [4.69, 9.17) is 16.3 Å². The van der Waals surface area contributed by atoms with Crippen LogP contribution in [0.25, 0.3) is 0 Å². The van der Waals surface area contributed by atoms with E-state index >= 15 is 0 Å². The van der Waals surface area contributed by atoms with E-state index in [1.165, 1.54) is 19.2 Å². The second-order valence-electron chi connectivity index (χ2n) is 2.67. The van der Waals surface area contributed by atoms with Crippen LogP contribution in [0.1, 0.15) is 10.4 Å². The molecule has 15 heavy (non-hydrogen) atoms. The molecule has 0 aliphatic rings. The van der Waals surface area contributed by atoms with Gasteiger partial charge in [-0.25, -0.2) is 4.79 Å². The lowest BCUT2D eigenvalue weighted by Crippen LogP contribution is -2.16. The van der Waals surface area contributed by atoms with Gasteiger partial charge in [-0.3, -0.25) is 4.79 Å². The summed E-state index contributed by atoms with van der Waals surface area (Å²) in [6.45, 7) is 0. The van der Waals surface area contributed by atoms with Gasteiger partial charge in [0, 0.05) is 0 Å². The highest BCUT2D eigenvalue weighted by atomic mass is 35.5. The minimum atomic E-state index is -0.954. The van der Waals surface area contributed by atoms with E-state index in [2.05, 4.69) is 4.74 Å². The third-order valence-corrected chi connectivity index (χ3v) is 2.12. The molecule has 0 fully saturated rings. The second-order valence-corrected chi connectivity index (χ2v) is 3.07. The maximum absolute atomic E-state index is 11.5. The molecule has 0 aliphatic carbocycles. The maximum Gasteiger partial charge on any atom is 0.379 e. The Kier molecular flexibility index (Phi) is 3.68. The molecular weight excluding hydrogens is 220 g/mol. The van der Waals surface area contributed by atoms with Gasteiger partial charge < -0.3 is 9.47 Å². The average Bonchev–Trinajstić information content (AvgIpc) is 2.27. The van der Waals surface area contributed by atoms with Crippen molar-refractivity contribution < 1.29 is 19.1 Å². The fourth-order valence-electron chi connectivity index (χ4n) is 1.01. The Balaban J connectivity index is 3.12. The number of carbonyl (C=O) groups is 2. The van der Waals surface area contributed by atoms with Crippen molar-refractivity contribution in [2.24, 2.45) is 0 Å². The number of rotatable bonds is 3. The Morgan fingerprint density at radius 1 is 1.27 bits per heavy atom. The highest BCUT2D eigenvalue weighted by molar-refractivity contribution is 6.45. The normalized spacial score (nSPS) is 9.53. The van der Waals surface area contributed by atoms with Crippen LogP contribution in [-0.2, 0) is 9.53 Å². The summed E-state index contributed by atoms with van der Waals surface area (Å²) in [7, 11) is 2.59. The first-order valence-electron chi connectivity index (χ1n) is 4.06. The van der Waals surface area contributed by atoms with E-state index in [0.717, 1.165) is 7.11 Å². The monoisotopic (exact) mass is 228 g/mol. The van der Waals surface area contributed by atoms with Gasteiger partial charge in [-0.2, -0.15) is 0 Å². The summed E-state index contributed by atoms with van der Waals surface area (Å²) in [5.74, 6) is -1.29. The fraction of sp³-hybridized carbons (Fsp3) is 0.200. The highest BCUT2D eigenvalue weighted by Crippen LogP contribution is 2.22. The predicted molar refractivity (Wildman–Crippen MR) is 54.4 cm³/mol. The predicted octanol–water partition coefficient (Wildman–Crippen LogP) is 1.70. The van der Waals surface area contributed by atoms with Crippen molar-refractivity contribution in [3.63, 3.8) is 0 Å². The van der Waals surface area contributed by atoms with E-state index in [-0.39, 0.29) is 10.6 Å². The molecule has 0 saturated heterocycles. The summed E-state index contributed by atoms with van der Waals surface area (Å²) in [4.78, 5) is 22.4. The van der Waals surface area contributed by atoms with Crippen LogP contribution in [0.2, 0.25) is 5.02 Å². The summed E-state index contributed by atoms with van der Waals surface area (Å²) >= 11 is 5.76. The van der Waals surface area contributed by atoms with Crippen molar-refractivity contribution in [1.82, 2.24) is 0 Å². The van der Waals surface area contributed by atoms with Crippen LogP contribution in [-0.4, -0.2) is 26.0 Å². The lowest BCUT2D eigenvalue weighted by molar-refractivity contribution is -0.135. The van der Waals surface area contributed by atoms with Gasteiger partial charge in [0.15, 0.2) is 0 Å². The third-order valence-electron chi connectivity index (χ3n) is 1.79. The van der Waals surface area contributed by atoms with E-state index < -0.39 is 11.8 Å². The largest absolute Gasteiger partial charge is 0.497 e. The summed E-state index contributed by atoms with van der Waals surface area (Å²) in [5.41, 5.74) is 0.0721. The molecule has 1 aromatic rings. The average molecular weight is 229 g/mol. The van der Waals surface area contributed by atoms with Gasteiger partial charge in [-0.15, -0.1) is 0 Å². The molecule has 0 heterocycles. The molecule has 0 amide bonds. The Hall–Kier alpha value is -1.55. The Bertz CT molecular complexity index is 400. The molecule has 1 aromatic carbocycles. The van der Waals surface area contributed by atoms with Gasteiger partial charge in [0.25, 0.3) is 5.78 Å². The quantitative estimate of drug-likeness (QED) is 0.449. The number of ether oxygens (including phenoxy) is 2. The molecule has 0 aliphatic heterocycles. The molecule has 0 N–H and O–H groups in total. The van der Waals surface area contributed by atoms with Crippen molar-refractivity contribution in [2.45, 2.75) is 0 Å². The summed E-state index contributed by atoms with van der Waals surface area (Å²) < 4.78 is 9.22. The zero-order valence-electron chi connectivity index (χ0n) is 8.24.